The lowest BCUT2D eigenvalue weighted by molar-refractivity contribution is 0.669. The largest absolute Gasteiger partial charge is 0.456 e. The Bertz CT molecular complexity index is 2800. The van der Waals surface area contributed by atoms with Crippen LogP contribution in [0.4, 0.5) is 0 Å². The predicted molar refractivity (Wildman–Crippen MR) is 207 cm³/mol. The molecule has 10 aromatic rings. The van der Waals surface area contributed by atoms with Crippen molar-refractivity contribution in [2.24, 2.45) is 0 Å². The second-order valence-corrected chi connectivity index (χ2v) is 13.5. The number of thiophene rings is 1. The van der Waals surface area contributed by atoms with Crippen LogP contribution in [0.25, 0.3) is 98.5 Å². The molecule has 0 radical (unpaired) electrons. The molecule has 3 aromatic heterocycles. The Morgan fingerprint density at radius 2 is 0.880 bits per heavy atom. The van der Waals surface area contributed by atoms with Gasteiger partial charge in [0.05, 0.1) is 0 Å². The van der Waals surface area contributed by atoms with E-state index in [9.17, 15) is 0 Å². The van der Waals surface area contributed by atoms with Crippen molar-refractivity contribution >= 4 is 53.4 Å². The van der Waals surface area contributed by atoms with Gasteiger partial charge in [-0.3, -0.25) is 0 Å². The maximum absolute atomic E-state index is 6.43. The highest BCUT2D eigenvalue weighted by molar-refractivity contribution is 7.25. The lowest BCUT2D eigenvalue weighted by Crippen LogP contribution is -1.99. The molecular formula is C45H27N3OS. The molecule has 3 heterocycles. The molecule has 0 aliphatic rings. The highest BCUT2D eigenvalue weighted by Gasteiger charge is 2.18. The van der Waals surface area contributed by atoms with Crippen molar-refractivity contribution in [2.45, 2.75) is 0 Å². The minimum absolute atomic E-state index is 0.657. The van der Waals surface area contributed by atoms with Gasteiger partial charge in [0.1, 0.15) is 11.2 Å². The molecule has 7 aromatic carbocycles. The van der Waals surface area contributed by atoms with Crippen LogP contribution in [-0.4, -0.2) is 15.0 Å². The van der Waals surface area contributed by atoms with E-state index in [2.05, 4.69) is 91.0 Å². The van der Waals surface area contributed by atoms with Crippen LogP contribution in [-0.2, 0) is 0 Å². The number of hydrogen-bond acceptors (Lipinski definition) is 5. The Labute approximate surface area is 292 Å². The minimum Gasteiger partial charge on any atom is -0.456 e. The summed E-state index contributed by atoms with van der Waals surface area (Å²) in [7, 11) is 0. The molecule has 0 bridgehead atoms. The molecule has 5 heteroatoms. The molecular weight excluding hydrogens is 631 g/mol. The molecule has 4 nitrogen and oxygen atoms in total. The Balaban J connectivity index is 1.12. The first-order valence-corrected chi connectivity index (χ1v) is 17.4. The Morgan fingerprint density at radius 1 is 0.360 bits per heavy atom. The monoisotopic (exact) mass is 657 g/mol. The van der Waals surface area contributed by atoms with Gasteiger partial charge < -0.3 is 4.42 Å². The molecule has 234 valence electrons. The first kappa shape index (κ1) is 28.6. The third-order valence-corrected chi connectivity index (χ3v) is 10.4. The summed E-state index contributed by atoms with van der Waals surface area (Å²) in [5.74, 6) is 1.97. The van der Waals surface area contributed by atoms with E-state index in [1.54, 1.807) is 11.3 Å². The second-order valence-electron chi connectivity index (χ2n) is 12.4. The predicted octanol–water partition coefficient (Wildman–Crippen LogP) is 12.5. The smallest absolute Gasteiger partial charge is 0.164 e. The molecule has 0 N–H and O–H groups in total. The van der Waals surface area contributed by atoms with Crippen LogP contribution in [0.15, 0.2) is 168 Å². The average Bonchev–Trinajstić information content (AvgIpc) is 3.76. The van der Waals surface area contributed by atoms with Crippen LogP contribution >= 0.6 is 11.3 Å². The van der Waals surface area contributed by atoms with Crippen molar-refractivity contribution in [3.05, 3.63) is 164 Å². The standard InChI is InChI=1S/C45H27N3OS/c1-4-12-28(13-5-1)33-24-37(42-36-18-10-11-19-38(36)49-39(42)25-33)31-20-22-34-35-23-21-32(27-41(35)50-40(34)26-31)45-47-43(29-14-6-2-7-15-29)46-44(48-45)30-16-8-3-9-17-30/h1-27H. The number of rotatable bonds is 5. The van der Waals surface area contributed by atoms with E-state index in [4.69, 9.17) is 19.4 Å². The summed E-state index contributed by atoms with van der Waals surface area (Å²) in [6.45, 7) is 0. The van der Waals surface area contributed by atoms with Crippen molar-refractivity contribution < 1.29 is 4.42 Å². The average molecular weight is 658 g/mol. The first-order chi connectivity index (χ1) is 24.7. The fourth-order valence-electron chi connectivity index (χ4n) is 6.90. The molecule has 0 atom stereocenters. The van der Waals surface area contributed by atoms with Gasteiger partial charge in [-0.05, 0) is 52.6 Å². The van der Waals surface area contributed by atoms with Crippen LogP contribution in [0.5, 0.6) is 0 Å². The minimum atomic E-state index is 0.657. The lowest BCUT2D eigenvalue weighted by atomic mass is 9.94. The summed E-state index contributed by atoms with van der Waals surface area (Å²) in [6.07, 6.45) is 0. The van der Waals surface area contributed by atoms with Crippen LogP contribution in [0.3, 0.4) is 0 Å². The Hall–Kier alpha value is -6.43. The second kappa shape index (κ2) is 11.6. The summed E-state index contributed by atoms with van der Waals surface area (Å²) < 4.78 is 8.84. The number of furan rings is 1. The fourth-order valence-corrected chi connectivity index (χ4v) is 8.09. The first-order valence-electron chi connectivity index (χ1n) is 16.6. The van der Waals surface area contributed by atoms with Gasteiger partial charge in [-0.2, -0.15) is 0 Å². The van der Waals surface area contributed by atoms with Crippen molar-refractivity contribution in [3.63, 3.8) is 0 Å². The van der Waals surface area contributed by atoms with Gasteiger partial charge >= 0.3 is 0 Å². The Kier molecular flexibility index (Phi) is 6.64. The molecule has 0 spiro atoms. The number of fused-ring (bicyclic) bond motifs is 6. The van der Waals surface area contributed by atoms with Gasteiger partial charge in [-0.25, -0.2) is 15.0 Å². The van der Waals surface area contributed by atoms with Crippen molar-refractivity contribution in [2.75, 3.05) is 0 Å². The van der Waals surface area contributed by atoms with E-state index in [1.165, 1.54) is 25.7 Å². The number of hydrogen-bond donors (Lipinski definition) is 0. The van der Waals surface area contributed by atoms with Crippen molar-refractivity contribution in [3.8, 4) is 56.4 Å². The molecule has 0 fully saturated rings. The topological polar surface area (TPSA) is 51.8 Å². The van der Waals surface area contributed by atoms with Gasteiger partial charge in [-0.1, -0.05) is 133 Å². The van der Waals surface area contributed by atoms with Crippen LogP contribution < -0.4 is 0 Å². The molecule has 0 aliphatic heterocycles. The fraction of sp³-hybridized carbons (Fsp3) is 0. The maximum atomic E-state index is 6.43. The molecule has 0 aliphatic carbocycles. The summed E-state index contributed by atoms with van der Waals surface area (Å²) >= 11 is 1.80. The maximum Gasteiger partial charge on any atom is 0.164 e. The number of benzene rings is 7. The molecule has 0 amide bonds. The van der Waals surface area contributed by atoms with Gasteiger partial charge in [0.15, 0.2) is 17.5 Å². The zero-order valence-electron chi connectivity index (χ0n) is 26.7. The molecule has 0 saturated carbocycles. The quantitative estimate of drug-likeness (QED) is 0.185. The van der Waals surface area contributed by atoms with Crippen molar-refractivity contribution in [1.82, 2.24) is 15.0 Å². The zero-order valence-corrected chi connectivity index (χ0v) is 27.6. The SMILES string of the molecule is c1ccc(-c2cc(-c3ccc4c(c3)sc3cc(-c5nc(-c6ccccc6)nc(-c6ccccc6)n5)ccc34)c3c(c2)oc2ccccc23)cc1. The molecule has 50 heavy (non-hydrogen) atoms. The van der Waals surface area contributed by atoms with E-state index >= 15 is 0 Å². The summed E-state index contributed by atoms with van der Waals surface area (Å²) in [4.78, 5) is 14.8. The van der Waals surface area contributed by atoms with Gasteiger partial charge in [0, 0.05) is 47.6 Å². The van der Waals surface area contributed by atoms with Crippen LogP contribution in [0, 0.1) is 0 Å². The molecule has 10 rings (SSSR count). The number of para-hydroxylation sites is 1. The normalized spacial score (nSPS) is 11.6. The van der Waals surface area contributed by atoms with E-state index in [0.29, 0.717) is 17.5 Å². The van der Waals surface area contributed by atoms with Crippen LogP contribution in [0.2, 0.25) is 0 Å². The van der Waals surface area contributed by atoms with E-state index < -0.39 is 0 Å². The highest BCUT2D eigenvalue weighted by atomic mass is 32.1. The number of nitrogens with zero attached hydrogens (tertiary/aromatic N) is 3. The number of aromatic nitrogens is 3. The van der Waals surface area contributed by atoms with E-state index in [-0.39, 0.29) is 0 Å². The summed E-state index contributed by atoms with van der Waals surface area (Å²) in [5.41, 5.74) is 9.29. The summed E-state index contributed by atoms with van der Waals surface area (Å²) in [5, 5.41) is 4.72. The van der Waals surface area contributed by atoms with Gasteiger partial charge in [-0.15, -0.1) is 11.3 Å². The van der Waals surface area contributed by atoms with Crippen LogP contribution in [0.1, 0.15) is 0 Å². The Morgan fingerprint density at radius 3 is 1.52 bits per heavy atom. The molecule has 0 saturated heterocycles. The van der Waals surface area contributed by atoms with Crippen molar-refractivity contribution in [1.29, 1.82) is 0 Å². The van der Waals surface area contributed by atoms with Gasteiger partial charge in [0.2, 0.25) is 0 Å². The zero-order chi connectivity index (χ0) is 33.0. The highest BCUT2D eigenvalue weighted by Crippen LogP contribution is 2.43. The summed E-state index contributed by atoms with van der Waals surface area (Å²) in [6, 6.07) is 56.9. The lowest BCUT2D eigenvalue weighted by Gasteiger charge is -2.09. The van der Waals surface area contributed by atoms with E-state index in [1.807, 2.05) is 72.8 Å². The molecule has 0 unspecified atom stereocenters. The third kappa shape index (κ3) is 4.87. The van der Waals surface area contributed by atoms with Gasteiger partial charge in [0.25, 0.3) is 0 Å². The third-order valence-electron chi connectivity index (χ3n) is 9.33. The van der Waals surface area contributed by atoms with E-state index in [0.717, 1.165) is 55.3 Å².